The van der Waals surface area contributed by atoms with E-state index in [0.29, 0.717) is 10.8 Å². The van der Waals surface area contributed by atoms with Gasteiger partial charge < -0.3 is 5.73 Å². The normalized spacial score (nSPS) is 27.2. The Hall–Kier alpha value is -0.0400. The molecule has 72 valence electrons. The molecule has 12 heavy (non-hydrogen) atoms. The van der Waals surface area contributed by atoms with Crippen molar-refractivity contribution >= 4 is 0 Å². The van der Waals surface area contributed by atoms with Crippen LogP contribution < -0.4 is 5.73 Å². The molecule has 2 N–H and O–H groups in total. The SMILES string of the molecule is CC(C)(N)CC1C(C)(C)C1(C)C. The van der Waals surface area contributed by atoms with Crippen molar-refractivity contribution in [1.29, 1.82) is 0 Å². The van der Waals surface area contributed by atoms with Gasteiger partial charge in [-0.25, -0.2) is 0 Å². The molecule has 0 aromatic heterocycles. The predicted octanol–water partition coefficient (Wildman–Crippen LogP) is 2.80. The molecule has 0 aromatic carbocycles. The van der Waals surface area contributed by atoms with Gasteiger partial charge in [-0.05, 0) is 37.0 Å². The first-order valence-corrected chi connectivity index (χ1v) is 4.88. The van der Waals surface area contributed by atoms with Gasteiger partial charge in [-0.15, -0.1) is 0 Å². The Morgan fingerprint density at radius 1 is 1.08 bits per heavy atom. The van der Waals surface area contributed by atoms with Gasteiger partial charge in [0, 0.05) is 5.54 Å². The summed E-state index contributed by atoms with van der Waals surface area (Å²) in [6, 6.07) is 0. The minimum Gasteiger partial charge on any atom is -0.326 e. The van der Waals surface area contributed by atoms with Crippen LogP contribution in [-0.2, 0) is 0 Å². The quantitative estimate of drug-likeness (QED) is 0.676. The Balaban J connectivity index is 2.61. The molecule has 1 saturated carbocycles. The molecule has 1 rings (SSSR count). The zero-order chi connectivity index (χ0) is 9.78. The molecule has 0 bridgehead atoms. The van der Waals surface area contributed by atoms with Gasteiger partial charge in [-0.3, -0.25) is 0 Å². The third kappa shape index (κ3) is 1.39. The molecule has 0 heterocycles. The van der Waals surface area contributed by atoms with Gasteiger partial charge in [-0.1, -0.05) is 27.7 Å². The van der Waals surface area contributed by atoms with Crippen molar-refractivity contribution in [2.45, 2.75) is 53.5 Å². The Labute approximate surface area is 76.7 Å². The van der Waals surface area contributed by atoms with E-state index in [1.54, 1.807) is 0 Å². The molecular weight excluding hydrogens is 146 g/mol. The van der Waals surface area contributed by atoms with Gasteiger partial charge in [0.2, 0.25) is 0 Å². The van der Waals surface area contributed by atoms with Gasteiger partial charge in [-0.2, -0.15) is 0 Å². The van der Waals surface area contributed by atoms with Crippen molar-refractivity contribution in [3.8, 4) is 0 Å². The summed E-state index contributed by atoms with van der Waals surface area (Å²) in [5, 5.41) is 0. The molecule has 0 saturated heterocycles. The fourth-order valence-corrected chi connectivity index (χ4v) is 2.37. The molecule has 1 aliphatic carbocycles. The van der Waals surface area contributed by atoms with E-state index in [1.807, 2.05) is 0 Å². The third-order valence-electron chi connectivity index (χ3n) is 4.05. The second-order valence-corrected chi connectivity index (χ2v) is 6.19. The van der Waals surface area contributed by atoms with E-state index < -0.39 is 0 Å². The first-order valence-electron chi connectivity index (χ1n) is 4.88. The highest BCUT2D eigenvalue weighted by Gasteiger charge is 2.64. The lowest BCUT2D eigenvalue weighted by Crippen LogP contribution is -2.33. The van der Waals surface area contributed by atoms with E-state index in [0.717, 1.165) is 12.3 Å². The second kappa shape index (κ2) is 2.25. The molecule has 0 amide bonds. The van der Waals surface area contributed by atoms with E-state index in [-0.39, 0.29) is 5.54 Å². The third-order valence-corrected chi connectivity index (χ3v) is 4.05. The Bertz CT molecular complexity index is 170. The molecule has 0 aromatic rings. The number of hydrogen-bond donors (Lipinski definition) is 1. The van der Waals surface area contributed by atoms with E-state index in [9.17, 15) is 0 Å². The summed E-state index contributed by atoms with van der Waals surface area (Å²) >= 11 is 0. The first kappa shape index (κ1) is 10.0. The van der Waals surface area contributed by atoms with Crippen LogP contribution in [0.3, 0.4) is 0 Å². The summed E-state index contributed by atoms with van der Waals surface area (Å²) in [4.78, 5) is 0. The van der Waals surface area contributed by atoms with Crippen molar-refractivity contribution in [2.24, 2.45) is 22.5 Å². The topological polar surface area (TPSA) is 26.0 Å². The lowest BCUT2D eigenvalue weighted by molar-refractivity contribution is 0.398. The molecule has 0 unspecified atom stereocenters. The fraction of sp³-hybridized carbons (Fsp3) is 1.00. The lowest BCUT2D eigenvalue weighted by atomic mass is 9.94. The summed E-state index contributed by atoms with van der Waals surface area (Å²) in [6.07, 6.45) is 1.15. The molecule has 1 nitrogen and oxygen atoms in total. The zero-order valence-corrected chi connectivity index (χ0v) is 9.36. The molecule has 0 radical (unpaired) electrons. The van der Waals surface area contributed by atoms with E-state index in [1.165, 1.54) is 0 Å². The smallest absolute Gasteiger partial charge is 0.0100 e. The van der Waals surface area contributed by atoms with Crippen molar-refractivity contribution in [3.63, 3.8) is 0 Å². The highest BCUT2D eigenvalue weighted by molar-refractivity contribution is 5.13. The summed E-state index contributed by atoms with van der Waals surface area (Å²) in [7, 11) is 0. The standard InChI is InChI=1S/C11H23N/c1-9(2,12)7-8-10(3,4)11(8,5)6/h8H,7,12H2,1-6H3. The number of nitrogens with two attached hydrogens (primary N) is 1. The van der Waals surface area contributed by atoms with Crippen molar-refractivity contribution in [3.05, 3.63) is 0 Å². The maximum atomic E-state index is 6.02. The predicted molar refractivity (Wildman–Crippen MR) is 53.9 cm³/mol. The van der Waals surface area contributed by atoms with E-state index >= 15 is 0 Å². The minimum atomic E-state index is -0.00426. The molecule has 1 heteroatoms. The van der Waals surface area contributed by atoms with Gasteiger partial charge in [0.1, 0.15) is 0 Å². The van der Waals surface area contributed by atoms with Crippen LogP contribution in [0.25, 0.3) is 0 Å². The summed E-state index contributed by atoms with van der Waals surface area (Å²) in [6.45, 7) is 13.6. The van der Waals surface area contributed by atoms with Crippen LogP contribution in [0.1, 0.15) is 48.0 Å². The van der Waals surface area contributed by atoms with E-state index in [2.05, 4.69) is 41.5 Å². The van der Waals surface area contributed by atoms with Crippen LogP contribution in [0.4, 0.5) is 0 Å². The van der Waals surface area contributed by atoms with E-state index in [4.69, 9.17) is 5.73 Å². The molecule has 0 spiro atoms. The van der Waals surface area contributed by atoms with Gasteiger partial charge in [0.25, 0.3) is 0 Å². The summed E-state index contributed by atoms with van der Waals surface area (Å²) in [5.41, 5.74) is 6.99. The first-order chi connectivity index (χ1) is 5.09. The largest absolute Gasteiger partial charge is 0.326 e. The highest BCUT2D eigenvalue weighted by Crippen LogP contribution is 2.70. The molecule has 0 atom stereocenters. The Morgan fingerprint density at radius 2 is 1.42 bits per heavy atom. The average Bonchev–Trinajstić information content (AvgIpc) is 2.09. The molecule has 0 aliphatic heterocycles. The Morgan fingerprint density at radius 3 is 1.50 bits per heavy atom. The van der Waals surface area contributed by atoms with Gasteiger partial charge >= 0.3 is 0 Å². The van der Waals surface area contributed by atoms with Crippen LogP contribution in [-0.4, -0.2) is 5.54 Å². The minimum absolute atomic E-state index is 0.00426. The number of hydrogen-bond acceptors (Lipinski definition) is 1. The maximum absolute atomic E-state index is 6.02. The van der Waals surface area contributed by atoms with Crippen molar-refractivity contribution in [2.75, 3.05) is 0 Å². The monoisotopic (exact) mass is 169 g/mol. The zero-order valence-electron chi connectivity index (χ0n) is 9.36. The molecule has 1 aliphatic rings. The van der Waals surface area contributed by atoms with Gasteiger partial charge in [0.05, 0.1) is 0 Å². The van der Waals surface area contributed by atoms with Crippen LogP contribution in [0.2, 0.25) is 0 Å². The van der Waals surface area contributed by atoms with Crippen LogP contribution in [0.5, 0.6) is 0 Å². The fourth-order valence-electron chi connectivity index (χ4n) is 2.37. The average molecular weight is 169 g/mol. The number of rotatable bonds is 2. The Kier molecular flexibility index (Phi) is 1.89. The van der Waals surface area contributed by atoms with Crippen molar-refractivity contribution in [1.82, 2.24) is 0 Å². The van der Waals surface area contributed by atoms with Crippen molar-refractivity contribution < 1.29 is 0 Å². The molecule has 1 fully saturated rings. The van der Waals surface area contributed by atoms with Gasteiger partial charge in [0.15, 0.2) is 0 Å². The van der Waals surface area contributed by atoms with Crippen LogP contribution >= 0.6 is 0 Å². The maximum Gasteiger partial charge on any atom is 0.0100 e. The summed E-state index contributed by atoms with van der Waals surface area (Å²) in [5.74, 6) is 0.796. The van der Waals surface area contributed by atoms with Crippen LogP contribution in [0.15, 0.2) is 0 Å². The highest BCUT2D eigenvalue weighted by atomic mass is 14.8. The second-order valence-electron chi connectivity index (χ2n) is 6.19. The summed E-state index contributed by atoms with van der Waals surface area (Å²) < 4.78 is 0. The van der Waals surface area contributed by atoms with Crippen LogP contribution in [0, 0.1) is 16.7 Å². The lowest BCUT2D eigenvalue weighted by Gasteiger charge is -2.19. The molecular formula is C11H23N.